The molecule has 2 heteroatoms. The van der Waals surface area contributed by atoms with Crippen molar-refractivity contribution in [2.45, 2.75) is 57.5 Å². The molecule has 0 heterocycles. The molecule has 2 fully saturated rings. The van der Waals surface area contributed by atoms with E-state index in [1.54, 1.807) is 0 Å². The van der Waals surface area contributed by atoms with Crippen molar-refractivity contribution in [1.29, 1.82) is 0 Å². The normalized spacial score (nSPS) is 24.6. The Bertz CT molecular complexity index is 162. The van der Waals surface area contributed by atoms with Gasteiger partial charge in [-0.25, -0.2) is 0 Å². The van der Waals surface area contributed by atoms with Crippen LogP contribution < -0.4 is 10.6 Å². The van der Waals surface area contributed by atoms with Gasteiger partial charge in [-0.2, -0.15) is 0 Å². The smallest absolute Gasteiger partial charge is 0.0164 e. The standard InChI is InChI=1S/C12H24N2/c1-10(9-14-12-5-6-12)13-8-7-11-3-2-4-11/h10-14H,2-9H2,1H3. The van der Waals surface area contributed by atoms with Gasteiger partial charge in [-0.1, -0.05) is 19.3 Å². The summed E-state index contributed by atoms with van der Waals surface area (Å²) in [5, 5.41) is 7.16. The van der Waals surface area contributed by atoms with Crippen molar-refractivity contribution >= 4 is 0 Å². The fourth-order valence-electron chi connectivity index (χ4n) is 2.02. The fourth-order valence-corrected chi connectivity index (χ4v) is 2.02. The van der Waals surface area contributed by atoms with Crippen LogP contribution in [0.5, 0.6) is 0 Å². The lowest BCUT2D eigenvalue weighted by atomic mass is 9.83. The molecule has 0 saturated heterocycles. The predicted octanol–water partition coefficient (Wildman–Crippen LogP) is 1.91. The van der Waals surface area contributed by atoms with Gasteiger partial charge in [-0.3, -0.25) is 0 Å². The first-order valence-electron chi connectivity index (χ1n) is 6.31. The van der Waals surface area contributed by atoms with Crippen molar-refractivity contribution in [3.63, 3.8) is 0 Å². The van der Waals surface area contributed by atoms with Gasteiger partial charge in [-0.05, 0) is 38.6 Å². The van der Waals surface area contributed by atoms with Crippen LogP contribution in [0.25, 0.3) is 0 Å². The molecule has 0 radical (unpaired) electrons. The lowest BCUT2D eigenvalue weighted by Crippen LogP contribution is -2.38. The van der Waals surface area contributed by atoms with E-state index in [1.807, 2.05) is 0 Å². The Hall–Kier alpha value is -0.0800. The molecule has 2 rings (SSSR count). The highest BCUT2D eigenvalue weighted by Crippen LogP contribution is 2.28. The first-order chi connectivity index (χ1) is 6.84. The summed E-state index contributed by atoms with van der Waals surface area (Å²) in [4.78, 5) is 0. The van der Waals surface area contributed by atoms with Crippen molar-refractivity contribution in [1.82, 2.24) is 10.6 Å². The van der Waals surface area contributed by atoms with Crippen LogP contribution in [0.4, 0.5) is 0 Å². The van der Waals surface area contributed by atoms with Gasteiger partial charge in [-0.15, -0.1) is 0 Å². The van der Waals surface area contributed by atoms with Gasteiger partial charge in [0.2, 0.25) is 0 Å². The van der Waals surface area contributed by atoms with Crippen molar-refractivity contribution in [3.8, 4) is 0 Å². The summed E-state index contributed by atoms with van der Waals surface area (Å²) >= 11 is 0. The molecule has 0 aromatic heterocycles. The molecule has 1 atom stereocenters. The SMILES string of the molecule is CC(CNC1CC1)NCCC1CCC1. The Morgan fingerprint density at radius 1 is 1.21 bits per heavy atom. The van der Waals surface area contributed by atoms with Crippen LogP contribution in [0.3, 0.4) is 0 Å². The van der Waals surface area contributed by atoms with Crippen molar-refractivity contribution in [2.24, 2.45) is 5.92 Å². The average molecular weight is 196 g/mol. The summed E-state index contributed by atoms with van der Waals surface area (Å²) in [7, 11) is 0. The summed E-state index contributed by atoms with van der Waals surface area (Å²) in [6.45, 7) is 4.66. The van der Waals surface area contributed by atoms with Gasteiger partial charge in [0.05, 0.1) is 0 Å². The fraction of sp³-hybridized carbons (Fsp3) is 1.00. The molecule has 1 unspecified atom stereocenters. The van der Waals surface area contributed by atoms with E-state index in [4.69, 9.17) is 0 Å². The van der Waals surface area contributed by atoms with E-state index in [-0.39, 0.29) is 0 Å². The minimum absolute atomic E-state index is 0.649. The number of nitrogens with one attached hydrogen (secondary N) is 2. The molecule has 0 aliphatic heterocycles. The van der Waals surface area contributed by atoms with Gasteiger partial charge in [0.1, 0.15) is 0 Å². The Morgan fingerprint density at radius 2 is 2.00 bits per heavy atom. The largest absolute Gasteiger partial charge is 0.313 e. The molecule has 2 aliphatic rings. The summed E-state index contributed by atoms with van der Waals surface area (Å²) < 4.78 is 0. The van der Waals surface area contributed by atoms with E-state index in [0.29, 0.717) is 6.04 Å². The predicted molar refractivity (Wildman–Crippen MR) is 60.4 cm³/mol. The maximum absolute atomic E-state index is 3.60. The van der Waals surface area contributed by atoms with Crippen LogP contribution in [0.2, 0.25) is 0 Å². The highest BCUT2D eigenvalue weighted by Gasteiger charge is 2.21. The van der Waals surface area contributed by atoms with Crippen LogP contribution >= 0.6 is 0 Å². The molecule has 2 N–H and O–H groups in total. The summed E-state index contributed by atoms with van der Waals surface area (Å²) in [5.74, 6) is 1.05. The molecule has 2 nitrogen and oxygen atoms in total. The third-order valence-electron chi connectivity index (χ3n) is 3.56. The molecule has 0 aromatic rings. The van der Waals surface area contributed by atoms with E-state index in [0.717, 1.165) is 18.5 Å². The van der Waals surface area contributed by atoms with E-state index >= 15 is 0 Å². The van der Waals surface area contributed by atoms with Crippen LogP contribution in [0, 0.1) is 5.92 Å². The monoisotopic (exact) mass is 196 g/mol. The highest BCUT2D eigenvalue weighted by molar-refractivity contribution is 4.82. The molecule has 0 aromatic carbocycles. The quantitative estimate of drug-likeness (QED) is 0.650. The van der Waals surface area contributed by atoms with Crippen molar-refractivity contribution in [2.75, 3.05) is 13.1 Å². The maximum Gasteiger partial charge on any atom is 0.0164 e. The van der Waals surface area contributed by atoms with Crippen molar-refractivity contribution < 1.29 is 0 Å². The minimum Gasteiger partial charge on any atom is -0.313 e. The minimum atomic E-state index is 0.649. The maximum atomic E-state index is 3.60. The molecule has 0 spiro atoms. The molecular formula is C12H24N2. The summed E-state index contributed by atoms with van der Waals surface area (Å²) in [6.07, 6.45) is 8.63. The average Bonchev–Trinajstić information content (AvgIpc) is 2.89. The second kappa shape index (κ2) is 5.13. The van der Waals surface area contributed by atoms with Gasteiger partial charge >= 0.3 is 0 Å². The van der Waals surface area contributed by atoms with E-state index in [1.165, 1.54) is 45.1 Å². The zero-order chi connectivity index (χ0) is 9.80. The Balaban J connectivity index is 1.42. The molecule has 0 bridgehead atoms. The van der Waals surface area contributed by atoms with E-state index in [2.05, 4.69) is 17.6 Å². The van der Waals surface area contributed by atoms with E-state index < -0.39 is 0 Å². The third-order valence-corrected chi connectivity index (χ3v) is 3.56. The topological polar surface area (TPSA) is 24.1 Å². The number of rotatable bonds is 7. The zero-order valence-electron chi connectivity index (χ0n) is 9.39. The number of hydrogen-bond acceptors (Lipinski definition) is 2. The first-order valence-corrected chi connectivity index (χ1v) is 6.31. The van der Waals surface area contributed by atoms with Gasteiger partial charge in [0.25, 0.3) is 0 Å². The second-order valence-corrected chi connectivity index (χ2v) is 5.12. The number of hydrogen-bond donors (Lipinski definition) is 2. The van der Waals surface area contributed by atoms with Crippen molar-refractivity contribution in [3.05, 3.63) is 0 Å². The van der Waals surface area contributed by atoms with Gasteiger partial charge in [0.15, 0.2) is 0 Å². The van der Waals surface area contributed by atoms with Crippen LogP contribution in [-0.2, 0) is 0 Å². The second-order valence-electron chi connectivity index (χ2n) is 5.12. The summed E-state index contributed by atoms with van der Waals surface area (Å²) in [6, 6.07) is 1.50. The van der Waals surface area contributed by atoms with E-state index in [9.17, 15) is 0 Å². The molecule has 2 aliphatic carbocycles. The Labute approximate surface area is 87.8 Å². The highest BCUT2D eigenvalue weighted by atomic mass is 15.0. The lowest BCUT2D eigenvalue weighted by molar-refractivity contribution is 0.287. The molecule has 2 saturated carbocycles. The zero-order valence-corrected chi connectivity index (χ0v) is 9.39. The molecule has 14 heavy (non-hydrogen) atoms. The third kappa shape index (κ3) is 3.58. The molecular weight excluding hydrogens is 172 g/mol. The Morgan fingerprint density at radius 3 is 2.57 bits per heavy atom. The molecule has 0 amide bonds. The van der Waals surface area contributed by atoms with Gasteiger partial charge in [0, 0.05) is 18.6 Å². The lowest BCUT2D eigenvalue weighted by Gasteiger charge is -2.26. The summed E-state index contributed by atoms with van der Waals surface area (Å²) in [5.41, 5.74) is 0. The first kappa shape index (κ1) is 10.4. The van der Waals surface area contributed by atoms with Crippen LogP contribution in [0.15, 0.2) is 0 Å². The van der Waals surface area contributed by atoms with Gasteiger partial charge < -0.3 is 10.6 Å². The van der Waals surface area contributed by atoms with Crippen LogP contribution in [0.1, 0.15) is 45.4 Å². The van der Waals surface area contributed by atoms with Crippen LogP contribution in [-0.4, -0.2) is 25.2 Å². The molecule has 82 valence electrons. The Kier molecular flexibility index (Phi) is 3.82.